The number of carbonyl (C=O) groups excluding carboxylic acids is 1. The fourth-order valence-corrected chi connectivity index (χ4v) is 3.17. The van der Waals surface area contributed by atoms with Crippen molar-refractivity contribution in [2.75, 3.05) is 18.0 Å². The van der Waals surface area contributed by atoms with Crippen molar-refractivity contribution in [3.8, 4) is 0 Å². The van der Waals surface area contributed by atoms with Crippen molar-refractivity contribution in [3.63, 3.8) is 0 Å². The lowest BCUT2D eigenvalue weighted by atomic mass is 10.1. The van der Waals surface area contributed by atoms with Crippen molar-refractivity contribution in [2.45, 2.75) is 32.7 Å². The van der Waals surface area contributed by atoms with Crippen LogP contribution < -0.4 is 16.1 Å². The molecule has 8 heteroatoms. The van der Waals surface area contributed by atoms with Crippen LogP contribution in [0.2, 0.25) is 0 Å². The fourth-order valence-electron chi connectivity index (χ4n) is 3.17. The van der Waals surface area contributed by atoms with Crippen molar-refractivity contribution in [2.24, 2.45) is 14.1 Å². The van der Waals surface area contributed by atoms with Crippen molar-refractivity contribution in [1.82, 2.24) is 18.7 Å². The van der Waals surface area contributed by atoms with Crippen LogP contribution in [0.3, 0.4) is 0 Å². The Kier molecular flexibility index (Phi) is 3.83. The van der Waals surface area contributed by atoms with Crippen LogP contribution in [0.5, 0.6) is 0 Å². The molecule has 0 amide bonds. The second-order valence-electron chi connectivity index (χ2n) is 6.13. The van der Waals surface area contributed by atoms with Crippen molar-refractivity contribution in [1.29, 1.82) is 0 Å². The summed E-state index contributed by atoms with van der Waals surface area (Å²) in [6.07, 6.45) is 3.39. The zero-order chi connectivity index (χ0) is 16.7. The molecule has 23 heavy (non-hydrogen) atoms. The molecule has 0 spiro atoms. The van der Waals surface area contributed by atoms with Gasteiger partial charge in [-0.1, -0.05) is 0 Å². The van der Waals surface area contributed by atoms with Gasteiger partial charge < -0.3 is 9.47 Å². The summed E-state index contributed by atoms with van der Waals surface area (Å²) >= 11 is 0. The topological polar surface area (TPSA) is 82.1 Å². The zero-order valence-electron chi connectivity index (χ0n) is 13.7. The maximum absolute atomic E-state index is 12.7. The molecule has 1 fully saturated rings. The second kappa shape index (κ2) is 5.68. The van der Waals surface area contributed by atoms with Crippen molar-refractivity contribution in [3.05, 3.63) is 20.8 Å². The highest BCUT2D eigenvalue weighted by molar-refractivity contribution is 5.77. The fraction of sp³-hybridized carbons (Fsp3) is 0.600. The van der Waals surface area contributed by atoms with E-state index in [9.17, 15) is 14.4 Å². The van der Waals surface area contributed by atoms with Crippen LogP contribution in [0, 0.1) is 0 Å². The Morgan fingerprint density at radius 1 is 1.09 bits per heavy atom. The molecule has 3 heterocycles. The van der Waals surface area contributed by atoms with E-state index in [4.69, 9.17) is 0 Å². The molecule has 0 radical (unpaired) electrons. The molecular formula is C15H21N5O3. The van der Waals surface area contributed by atoms with E-state index in [2.05, 4.69) is 9.88 Å². The number of imidazole rings is 1. The Hall–Kier alpha value is -2.38. The van der Waals surface area contributed by atoms with Crippen LogP contribution in [0.25, 0.3) is 11.2 Å². The van der Waals surface area contributed by atoms with Gasteiger partial charge in [-0.15, -0.1) is 0 Å². The summed E-state index contributed by atoms with van der Waals surface area (Å²) in [4.78, 5) is 43.1. The molecule has 0 unspecified atom stereocenters. The summed E-state index contributed by atoms with van der Waals surface area (Å²) in [6.45, 7) is 2.93. The van der Waals surface area contributed by atoms with Crippen LogP contribution in [0.1, 0.15) is 26.2 Å². The van der Waals surface area contributed by atoms with Crippen molar-refractivity contribution >= 4 is 22.9 Å². The molecule has 0 aliphatic carbocycles. The van der Waals surface area contributed by atoms with E-state index in [0.717, 1.165) is 30.5 Å². The average molecular weight is 319 g/mol. The third-order valence-electron chi connectivity index (χ3n) is 4.36. The van der Waals surface area contributed by atoms with E-state index < -0.39 is 11.2 Å². The molecule has 124 valence electrons. The standard InChI is InChI=1S/C15H21N5O3/c1-10(21)9-20-13(22)11-12(18(3)15(20)23)16-14(17(11)2)19-7-5-4-6-8-19/h4-9H2,1-3H3. The SMILES string of the molecule is CC(=O)Cn1c(=O)c2c(nc(N3CCCCC3)n2C)n(C)c1=O. The lowest BCUT2D eigenvalue weighted by molar-refractivity contribution is -0.117. The number of piperidine rings is 1. The largest absolute Gasteiger partial charge is 0.342 e. The van der Waals surface area contributed by atoms with Gasteiger partial charge in [0.05, 0.1) is 6.54 Å². The number of carbonyl (C=O) groups is 1. The minimum atomic E-state index is -0.513. The van der Waals surface area contributed by atoms with Gasteiger partial charge >= 0.3 is 5.69 Å². The van der Waals surface area contributed by atoms with E-state index >= 15 is 0 Å². The first-order valence-electron chi connectivity index (χ1n) is 7.82. The highest BCUT2D eigenvalue weighted by Crippen LogP contribution is 2.21. The molecule has 0 saturated carbocycles. The number of nitrogens with zero attached hydrogens (tertiary/aromatic N) is 5. The number of ketones is 1. The van der Waals surface area contributed by atoms with Gasteiger partial charge in [0.1, 0.15) is 5.78 Å². The van der Waals surface area contributed by atoms with Gasteiger partial charge in [-0.3, -0.25) is 18.7 Å². The molecule has 1 saturated heterocycles. The Morgan fingerprint density at radius 3 is 2.35 bits per heavy atom. The third-order valence-corrected chi connectivity index (χ3v) is 4.36. The number of aryl methyl sites for hydroxylation is 2. The highest BCUT2D eigenvalue weighted by Gasteiger charge is 2.22. The Morgan fingerprint density at radius 2 is 1.74 bits per heavy atom. The smallest absolute Gasteiger partial charge is 0.332 e. The van der Waals surface area contributed by atoms with Gasteiger partial charge in [0.15, 0.2) is 11.2 Å². The number of hydrogen-bond donors (Lipinski definition) is 0. The number of fused-ring (bicyclic) bond motifs is 1. The predicted molar refractivity (Wildman–Crippen MR) is 87.0 cm³/mol. The minimum absolute atomic E-state index is 0.217. The van der Waals surface area contributed by atoms with E-state index in [-0.39, 0.29) is 12.3 Å². The van der Waals surface area contributed by atoms with Gasteiger partial charge in [-0.25, -0.2) is 4.79 Å². The molecule has 1 aliphatic heterocycles. The lowest BCUT2D eigenvalue weighted by Gasteiger charge is -2.27. The molecule has 2 aromatic rings. The summed E-state index contributed by atoms with van der Waals surface area (Å²) in [6, 6.07) is 0. The van der Waals surface area contributed by atoms with Gasteiger partial charge in [0.25, 0.3) is 5.56 Å². The highest BCUT2D eigenvalue weighted by atomic mass is 16.2. The second-order valence-corrected chi connectivity index (χ2v) is 6.13. The van der Waals surface area contributed by atoms with E-state index in [1.807, 2.05) is 0 Å². The molecule has 3 rings (SSSR count). The maximum atomic E-state index is 12.7. The summed E-state index contributed by atoms with van der Waals surface area (Å²) in [5.41, 5.74) is -0.255. The summed E-state index contributed by atoms with van der Waals surface area (Å²) in [5.74, 6) is 0.467. The summed E-state index contributed by atoms with van der Waals surface area (Å²) in [7, 11) is 3.36. The van der Waals surface area contributed by atoms with Gasteiger partial charge in [0, 0.05) is 27.2 Å². The molecule has 0 N–H and O–H groups in total. The third kappa shape index (κ3) is 2.47. The van der Waals surface area contributed by atoms with Crippen LogP contribution >= 0.6 is 0 Å². The molecular weight excluding hydrogens is 298 g/mol. The average Bonchev–Trinajstić information content (AvgIpc) is 2.88. The number of hydrogen-bond acceptors (Lipinski definition) is 5. The van der Waals surface area contributed by atoms with Gasteiger partial charge in [-0.05, 0) is 26.2 Å². The van der Waals surface area contributed by atoms with E-state index in [1.165, 1.54) is 17.9 Å². The summed E-state index contributed by atoms with van der Waals surface area (Å²) in [5, 5.41) is 0. The van der Waals surface area contributed by atoms with E-state index in [1.54, 1.807) is 18.7 Å². The van der Waals surface area contributed by atoms with Crippen molar-refractivity contribution < 1.29 is 4.79 Å². The molecule has 8 nitrogen and oxygen atoms in total. The maximum Gasteiger partial charge on any atom is 0.332 e. The monoisotopic (exact) mass is 319 g/mol. The van der Waals surface area contributed by atoms with Crippen LogP contribution in [0.15, 0.2) is 9.59 Å². The Labute approximate surface area is 132 Å². The van der Waals surface area contributed by atoms with Crippen LogP contribution in [-0.2, 0) is 25.4 Å². The number of rotatable bonds is 3. The van der Waals surface area contributed by atoms with E-state index in [0.29, 0.717) is 17.1 Å². The lowest BCUT2D eigenvalue weighted by Crippen LogP contribution is -2.41. The van der Waals surface area contributed by atoms with Crippen LogP contribution in [0.4, 0.5) is 5.95 Å². The van der Waals surface area contributed by atoms with Gasteiger partial charge in [-0.2, -0.15) is 4.98 Å². The van der Waals surface area contributed by atoms with Gasteiger partial charge in [0.2, 0.25) is 5.95 Å². The molecule has 0 bridgehead atoms. The summed E-state index contributed by atoms with van der Waals surface area (Å²) < 4.78 is 4.05. The minimum Gasteiger partial charge on any atom is -0.342 e. The molecule has 1 aliphatic rings. The molecule has 2 aromatic heterocycles. The normalized spacial score (nSPS) is 15.3. The molecule has 0 atom stereocenters. The predicted octanol–water partition coefficient (Wildman–Crippen LogP) is 0.0130. The zero-order valence-corrected chi connectivity index (χ0v) is 13.7. The quantitative estimate of drug-likeness (QED) is 0.796. The number of Topliss-reactive ketones (excluding diaryl/α,β-unsaturated/α-hetero) is 1. The number of aromatic nitrogens is 4. The Bertz CT molecular complexity index is 883. The molecule has 0 aromatic carbocycles. The first-order chi connectivity index (χ1) is 10.9. The van der Waals surface area contributed by atoms with Crippen LogP contribution in [-0.4, -0.2) is 37.6 Å². The Balaban J connectivity index is 2.25. The first kappa shape index (κ1) is 15.5. The first-order valence-corrected chi connectivity index (χ1v) is 7.82. The number of anilines is 1.